The first-order valence-electron chi connectivity index (χ1n) is 5.61. The van der Waals surface area contributed by atoms with Gasteiger partial charge >= 0.3 is 0 Å². The quantitative estimate of drug-likeness (QED) is 0.564. The minimum atomic E-state index is 0.755. The van der Waals surface area contributed by atoms with Gasteiger partial charge in [0.05, 0.1) is 0 Å². The number of hydrogen-bond acceptors (Lipinski definition) is 0. The summed E-state index contributed by atoms with van der Waals surface area (Å²) < 4.78 is 0. The molecule has 0 spiro atoms. The van der Waals surface area contributed by atoms with Gasteiger partial charge in [-0.25, -0.2) is 0 Å². The Bertz CT molecular complexity index is 266. The lowest BCUT2D eigenvalue weighted by Crippen LogP contribution is -2.03. The van der Waals surface area contributed by atoms with E-state index in [1.54, 1.807) is 16.7 Å². The fraction of sp³-hybridized carbons (Fsp3) is 0.692. The van der Waals surface area contributed by atoms with E-state index in [4.69, 9.17) is 0 Å². The average Bonchev–Trinajstić information content (AvgIpc) is 2.47. The van der Waals surface area contributed by atoms with E-state index in [0.717, 1.165) is 11.8 Å². The Morgan fingerprint density at radius 1 is 1.23 bits per heavy atom. The van der Waals surface area contributed by atoms with Gasteiger partial charge in [-0.15, -0.1) is 0 Å². The van der Waals surface area contributed by atoms with Crippen molar-refractivity contribution in [3.8, 4) is 0 Å². The summed E-state index contributed by atoms with van der Waals surface area (Å²) in [4.78, 5) is 0. The van der Waals surface area contributed by atoms with E-state index in [-0.39, 0.29) is 0 Å². The monoisotopic (exact) mass is 176 g/mol. The normalized spacial score (nSPS) is 28.0. The molecule has 0 radical (unpaired) electrons. The van der Waals surface area contributed by atoms with E-state index in [1.807, 2.05) is 0 Å². The van der Waals surface area contributed by atoms with Crippen LogP contribution in [0.25, 0.3) is 0 Å². The van der Waals surface area contributed by atoms with Crippen molar-refractivity contribution in [3.05, 3.63) is 22.8 Å². The second-order valence-electron chi connectivity index (χ2n) is 4.86. The molecular formula is C13H20. The molecule has 0 N–H and O–H groups in total. The predicted octanol–water partition coefficient (Wildman–Crippen LogP) is 4.09. The highest BCUT2D eigenvalue weighted by Crippen LogP contribution is 2.40. The first kappa shape index (κ1) is 9.05. The van der Waals surface area contributed by atoms with E-state index in [0.29, 0.717) is 0 Å². The van der Waals surface area contributed by atoms with Gasteiger partial charge in [0.25, 0.3) is 0 Å². The van der Waals surface area contributed by atoms with Crippen molar-refractivity contribution < 1.29 is 0 Å². The molecule has 0 fully saturated rings. The third kappa shape index (κ3) is 1.59. The highest BCUT2D eigenvalue weighted by molar-refractivity contribution is 5.38. The Hall–Kier alpha value is -0.520. The van der Waals surface area contributed by atoms with Crippen LogP contribution in [0, 0.1) is 11.8 Å². The highest BCUT2D eigenvalue weighted by atomic mass is 14.3. The van der Waals surface area contributed by atoms with Gasteiger partial charge in [-0.1, -0.05) is 38.0 Å². The summed E-state index contributed by atoms with van der Waals surface area (Å²) in [6, 6.07) is 0. The van der Waals surface area contributed by atoms with Gasteiger partial charge < -0.3 is 0 Å². The van der Waals surface area contributed by atoms with Crippen LogP contribution in [0.1, 0.15) is 46.5 Å². The molecule has 0 saturated heterocycles. The Balaban J connectivity index is 2.24. The molecule has 0 heterocycles. The lowest BCUT2D eigenvalue weighted by Gasteiger charge is -2.20. The highest BCUT2D eigenvalue weighted by Gasteiger charge is 2.24. The Labute approximate surface area is 81.7 Å². The van der Waals surface area contributed by atoms with Gasteiger partial charge in [0.1, 0.15) is 0 Å². The number of allylic oxidation sites excluding steroid dienone is 4. The molecule has 1 unspecified atom stereocenters. The van der Waals surface area contributed by atoms with Crippen LogP contribution in [-0.4, -0.2) is 0 Å². The lowest BCUT2D eigenvalue weighted by atomic mass is 9.86. The minimum absolute atomic E-state index is 0.755. The average molecular weight is 176 g/mol. The van der Waals surface area contributed by atoms with Gasteiger partial charge in [-0.3, -0.25) is 0 Å². The molecule has 13 heavy (non-hydrogen) atoms. The zero-order valence-corrected chi connectivity index (χ0v) is 9.06. The molecule has 1 atom stereocenters. The fourth-order valence-electron chi connectivity index (χ4n) is 2.63. The molecule has 0 aromatic rings. The van der Waals surface area contributed by atoms with Crippen LogP contribution < -0.4 is 0 Å². The van der Waals surface area contributed by atoms with Crippen LogP contribution in [0.3, 0.4) is 0 Å². The second-order valence-corrected chi connectivity index (χ2v) is 4.86. The van der Waals surface area contributed by atoms with Crippen LogP contribution in [-0.2, 0) is 0 Å². The molecule has 0 aliphatic heterocycles. The van der Waals surface area contributed by atoms with Gasteiger partial charge in [-0.05, 0) is 43.1 Å². The van der Waals surface area contributed by atoms with E-state index < -0.39 is 0 Å². The van der Waals surface area contributed by atoms with Gasteiger partial charge in [0, 0.05) is 0 Å². The van der Waals surface area contributed by atoms with Crippen molar-refractivity contribution in [1.29, 1.82) is 0 Å². The summed E-state index contributed by atoms with van der Waals surface area (Å²) in [5.41, 5.74) is 5.12. The van der Waals surface area contributed by atoms with E-state index in [9.17, 15) is 0 Å². The summed E-state index contributed by atoms with van der Waals surface area (Å²) in [5, 5.41) is 0. The number of rotatable bonds is 1. The molecule has 0 heteroatoms. The van der Waals surface area contributed by atoms with E-state index in [1.165, 1.54) is 25.7 Å². The molecule has 2 aliphatic rings. The van der Waals surface area contributed by atoms with E-state index >= 15 is 0 Å². The molecule has 2 aliphatic carbocycles. The Morgan fingerprint density at radius 2 is 2.00 bits per heavy atom. The maximum Gasteiger partial charge on any atom is -0.0223 e. The molecular weight excluding hydrogens is 156 g/mol. The molecule has 2 rings (SSSR count). The second kappa shape index (κ2) is 3.32. The first-order chi connectivity index (χ1) is 6.18. The van der Waals surface area contributed by atoms with Crippen LogP contribution in [0.5, 0.6) is 0 Å². The summed E-state index contributed by atoms with van der Waals surface area (Å²) in [6.07, 6.45) is 7.90. The van der Waals surface area contributed by atoms with Crippen LogP contribution in [0.15, 0.2) is 22.8 Å². The fourth-order valence-corrected chi connectivity index (χ4v) is 2.63. The zero-order valence-electron chi connectivity index (χ0n) is 9.06. The largest absolute Gasteiger partial charge is 0.0671 e. The summed E-state index contributed by atoms with van der Waals surface area (Å²) in [7, 11) is 0. The molecule has 0 saturated carbocycles. The van der Waals surface area contributed by atoms with Crippen molar-refractivity contribution in [2.75, 3.05) is 0 Å². The van der Waals surface area contributed by atoms with Crippen molar-refractivity contribution >= 4 is 0 Å². The van der Waals surface area contributed by atoms with Crippen LogP contribution in [0.4, 0.5) is 0 Å². The standard InChI is InChI=1S/C13H20/c1-9(2)11-6-7-13-10(3)4-5-12(13)8-11/h8-10H,4-7H2,1-3H3. The summed E-state index contributed by atoms with van der Waals surface area (Å²) in [5.74, 6) is 1.63. The van der Waals surface area contributed by atoms with Crippen molar-refractivity contribution in [2.24, 2.45) is 11.8 Å². The topological polar surface area (TPSA) is 0 Å². The predicted molar refractivity (Wildman–Crippen MR) is 57.6 cm³/mol. The maximum atomic E-state index is 2.49. The Kier molecular flexibility index (Phi) is 2.31. The van der Waals surface area contributed by atoms with Gasteiger partial charge in [0.2, 0.25) is 0 Å². The molecule has 0 amide bonds. The van der Waals surface area contributed by atoms with Gasteiger partial charge in [-0.2, -0.15) is 0 Å². The molecule has 0 aromatic heterocycles. The van der Waals surface area contributed by atoms with E-state index in [2.05, 4.69) is 26.8 Å². The first-order valence-corrected chi connectivity index (χ1v) is 5.61. The summed E-state index contributed by atoms with van der Waals surface area (Å²) >= 11 is 0. The van der Waals surface area contributed by atoms with Crippen molar-refractivity contribution in [3.63, 3.8) is 0 Å². The molecule has 0 bridgehead atoms. The zero-order chi connectivity index (χ0) is 9.42. The van der Waals surface area contributed by atoms with Crippen LogP contribution in [0.2, 0.25) is 0 Å². The molecule has 0 aromatic carbocycles. The SMILES string of the molecule is CC(C)C1=CC2=C(CC1)C(C)CC2. The minimum Gasteiger partial charge on any atom is -0.0671 e. The third-order valence-corrected chi connectivity index (χ3v) is 3.64. The summed E-state index contributed by atoms with van der Waals surface area (Å²) in [6.45, 7) is 7.02. The molecule has 0 nitrogen and oxygen atoms in total. The van der Waals surface area contributed by atoms with Crippen LogP contribution >= 0.6 is 0 Å². The van der Waals surface area contributed by atoms with Crippen molar-refractivity contribution in [1.82, 2.24) is 0 Å². The Morgan fingerprint density at radius 3 is 2.69 bits per heavy atom. The molecule has 72 valence electrons. The third-order valence-electron chi connectivity index (χ3n) is 3.64. The van der Waals surface area contributed by atoms with Crippen molar-refractivity contribution in [2.45, 2.75) is 46.5 Å². The van der Waals surface area contributed by atoms with Gasteiger partial charge in [0.15, 0.2) is 0 Å². The smallest absolute Gasteiger partial charge is 0.0223 e. The lowest BCUT2D eigenvalue weighted by molar-refractivity contribution is 0.627. The number of hydrogen-bond donors (Lipinski definition) is 0. The maximum absolute atomic E-state index is 2.49.